The summed E-state index contributed by atoms with van der Waals surface area (Å²) in [6.45, 7) is 9.62. The average Bonchev–Trinajstić information content (AvgIpc) is 2.65. The Labute approximate surface area is 156 Å². The summed E-state index contributed by atoms with van der Waals surface area (Å²) in [5.74, 6) is 0. The van der Waals surface area contributed by atoms with Crippen LogP contribution < -0.4 is 10.7 Å². The van der Waals surface area contributed by atoms with Crippen LogP contribution in [0.1, 0.15) is 37.8 Å². The van der Waals surface area contributed by atoms with Crippen LogP contribution in [-0.4, -0.2) is 55.1 Å². The highest BCUT2D eigenvalue weighted by Gasteiger charge is 2.09. The first-order chi connectivity index (χ1) is 12.2. The Morgan fingerprint density at radius 3 is 2.64 bits per heavy atom. The van der Waals surface area contributed by atoms with Gasteiger partial charge in [-0.2, -0.15) is 5.10 Å². The van der Waals surface area contributed by atoms with Crippen molar-refractivity contribution in [1.82, 2.24) is 15.6 Å². The molecule has 1 fully saturated rings. The highest BCUT2D eigenvalue weighted by atomic mass is 32.1. The van der Waals surface area contributed by atoms with Gasteiger partial charge in [-0.15, -0.1) is 0 Å². The molecule has 0 spiro atoms. The number of hydrazone groups is 1. The summed E-state index contributed by atoms with van der Waals surface area (Å²) < 4.78 is 5.34. The third kappa shape index (κ3) is 7.50. The van der Waals surface area contributed by atoms with Gasteiger partial charge in [0.2, 0.25) is 0 Å². The van der Waals surface area contributed by atoms with Gasteiger partial charge in [-0.1, -0.05) is 37.6 Å². The molecule has 0 amide bonds. The zero-order valence-corrected chi connectivity index (χ0v) is 16.2. The van der Waals surface area contributed by atoms with Crippen LogP contribution in [0, 0.1) is 0 Å². The molecule has 0 bridgehead atoms. The van der Waals surface area contributed by atoms with Crippen LogP contribution in [0.4, 0.5) is 0 Å². The number of nitrogens with one attached hydrogen (secondary N) is 2. The number of morpholine rings is 1. The van der Waals surface area contributed by atoms with Gasteiger partial charge in [-0.3, -0.25) is 10.3 Å². The normalized spacial score (nSPS) is 15.8. The number of nitrogens with zero attached hydrogens (tertiary/aromatic N) is 2. The van der Waals surface area contributed by atoms with E-state index in [4.69, 9.17) is 17.0 Å². The average molecular weight is 363 g/mol. The predicted octanol–water partition coefficient (Wildman–Crippen LogP) is 2.55. The molecule has 2 N–H and O–H groups in total. The zero-order chi connectivity index (χ0) is 17.9. The van der Waals surface area contributed by atoms with Crippen LogP contribution in [0.5, 0.6) is 0 Å². The Morgan fingerprint density at radius 1 is 1.24 bits per heavy atom. The first-order valence-electron chi connectivity index (χ1n) is 9.16. The molecule has 1 aliphatic rings. The number of rotatable bonds is 8. The molecule has 1 aromatic carbocycles. The molecule has 1 aliphatic heterocycles. The van der Waals surface area contributed by atoms with Crippen molar-refractivity contribution in [3.8, 4) is 0 Å². The maximum atomic E-state index is 5.34. The molecular weight excluding hydrogens is 332 g/mol. The summed E-state index contributed by atoms with van der Waals surface area (Å²) in [7, 11) is 0. The van der Waals surface area contributed by atoms with E-state index in [1.807, 2.05) is 6.92 Å². The van der Waals surface area contributed by atoms with Crippen LogP contribution in [0.15, 0.2) is 29.4 Å². The van der Waals surface area contributed by atoms with Crippen LogP contribution in [0.25, 0.3) is 0 Å². The summed E-state index contributed by atoms with van der Waals surface area (Å²) in [5.41, 5.74) is 6.36. The standard InChI is InChI=1S/C19H30N4OS/c1-3-4-5-17-6-8-18(9-7-17)16(2)21-22-19(25)20-10-11-23-12-14-24-15-13-23/h6-9H,3-5,10-15H2,1-2H3,(H2,20,22,25)/b21-16-. The Kier molecular flexibility index (Phi) is 8.86. The van der Waals surface area contributed by atoms with E-state index in [1.165, 1.54) is 18.4 Å². The molecule has 25 heavy (non-hydrogen) atoms. The van der Waals surface area contributed by atoms with E-state index < -0.39 is 0 Å². The molecule has 0 saturated carbocycles. The van der Waals surface area contributed by atoms with Crippen LogP contribution in [0.2, 0.25) is 0 Å². The first-order valence-corrected chi connectivity index (χ1v) is 9.57. The molecule has 1 heterocycles. The predicted molar refractivity (Wildman–Crippen MR) is 108 cm³/mol. The van der Waals surface area contributed by atoms with Crippen molar-refractivity contribution in [3.63, 3.8) is 0 Å². The minimum absolute atomic E-state index is 0.562. The minimum atomic E-state index is 0.562. The van der Waals surface area contributed by atoms with Crippen LogP contribution >= 0.6 is 12.2 Å². The molecule has 0 aromatic heterocycles. The molecule has 0 aliphatic carbocycles. The Morgan fingerprint density at radius 2 is 1.96 bits per heavy atom. The number of unbranched alkanes of at least 4 members (excludes halogenated alkanes) is 1. The molecular formula is C19H30N4OS. The lowest BCUT2D eigenvalue weighted by Gasteiger charge is -2.26. The molecule has 1 saturated heterocycles. The summed E-state index contributed by atoms with van der Waals surface area (Å²) >= 11 is 5.29. The molecule has 0 unspecified atom stereocenters. The molecule has 0 radical (unpaired) electrons. The van der Waals surface area contributed by atoms with Crippen molar-refractivity contribution >= 4 is 23.0 Å². The van der Waals surface area contributed by atoms with Crippen LogP contribution in [0.3, 0.4) is 0 Å². The van der Waals surface area contributed by atoms with E-state index in [9.17, 15) is 0 Å². The second-order valence-electron chi connectivity index (χ2n) is 6.32. The van der Waals surface area contributed by atoms with Crippen molar-refractivity contribution in [3.05, 3.63) is 35.4 Å². The molecule has 1 aromatic rings. The quantitative estimate of drug-likeness (QED) is 0.423. The molecule has 6 heteroatoms. The SMILES string of the molecule is CCCCc1ccc(/C(C)=N\NC(=S)NCCN2CCOCC2)cc1. The van der Waals surface area contributed by atoms with Crippen molar-refractivity contribution in [2.75, 3.05) is 39.4 Å². The lowest BCUT2D eigenvalue weighted by Crippen LogP contribution is -2.42. The van der Waals surface area contributed by atoms with Gasteiger partial charge in [0, 0.05) is 26.2 Å². The van der Waals surface area contributed by atoms with E-state index in [0.717, 1.165) is 57.1 Å². The number of hydrogen-bond donors (Lipinski definition) is 2. The van der Waals surface area contributed by atoms with Crippen molar-refractivity contribution in [1.29, 1.82) is 0 Å². The fourth-order valence-corrected chi connectivity index (χ4v) is 2.83. The maximum absolute atomic E-state index is 5.34. The fraction of sp³-hybridized carbons (Fsp3) is 0.579. The third-order valence-electron chi connectivity index (χ3n) is 4.33. The smallest absolute Gasteiger partial charge is 0.187 e. The maximum Gasteiger partial charge on any atom is 0.187 e. The lowest BCUT2D eigenvalue weighted by molar-refractivity contribution is 0.0389. The van der Waals surface area contributed by atoms with Gasteiger partial charge in [0.05, 0.1) is 18.9 Å². The summed E-state index contributed by atoms with van der Waals surface area (Å²) in [4.78, 5) is 2.37. The first kappa shape index (κ1) is 19.8. The van der Waals surface area contributed by atoms with E-state index in [-0.39, 0.29) is 0 Å². The van der Waals surface area contributed by atoms with Gasteiger partial charge >= 0.3 is 0 Å². The number of aryl methyl sites for hydroxylation is 1. The van der Waals surface area contributed by atoms with Gasteiger partial charge in [0.1, 0.15) is 0 Å². The summed E-state index contributed by atoms with van der Waals surface area (Å²) in [5, 5.41) is 8.14. The number of ether oxygens (including phenoxy) is 1. The second-order valence-corrected chi connectivity index (χ2v) is 6.73. The highest BCUT2D eigenvalue weighted by molar-refractivity contribution is 7.80. The highest BCUT2D eigenvalue weighted by Crippen LogP contribution is 2.08. The van der Waals surface area contributed by atoms with Crippen molar-refractivity contribution in [2.24, 2.45) is 5.10 Å². The zero-order valence-electron chi connectivity index (χ0n) is 15.4. The molecule has 138 valence electrons. The molecule has 5 nitrogen and oxygen atoms in total. The topological polar surface area (TPSA) is 48.9 Å². The Balaban J connectivity index is 1.70. The lowest BCUT2D eigenvalue weighted by atomic mass is 10.0. The van der Waals surface area contributed by atoms with Gasteiger partial charge < -0.3 is 10.1 Å². The van der Waals surface area contributed by atoms with E-state index in [1.54, 1.807) is 0 Å². The Hall–Kier alpha value is -1.50. The van der Waals surface area contributed by atoms with E-state index >= 15 is 0 Å². The van der Waals surface area contributed by atoms with Gasteiger partial charge in [0.25, 0.3) is 0 Å². The van der Waals surface area contributed by atoms with Gasteiger partial charge in [0.15, 0.2) is 5.11 Å². The fourth-order valence-electron chi connectivity index (χ4n) is 2.68. The van der Waals surface area contributed by atoms with Crippen molar-refractivity contribution in [2.45, 2.75) is 33.1 Å². The molecule has 0 atom stereocenters. The molecule has 2 rings (SSSR count). The van der Waals surface area contributed by atoms with Gasteiger partial charge in [-0.05, 0) is 43.1 Å². The van der Waals surface area contributed by atoms with Crippen molar-refractivity contribution < 1.29 is 4.74 Å². The van der Waals surface area contributed by atoms with Crippen LogP contribution in [-0.2, 0) is 11.2 Å². The minimum Gasteiger partial charge on any atom is -0.379 e. The third-order valence-corrected chi connectivity index (χ3v) is 4.57. The van der Waals surface area contributed by atoms with E-state index in [2.05, 4.69) is 51.9 Å². The Bertz CT molecular complexity index is 553. The number of hydrogen-bond acceptors (Lipinski definition) is 4. The monoisotopic (exact) mass is 362 g/mol. The van der Waals surface area contributed by atoms with Gasteiger partial charge in [-0.25, -0.2) is 0 Å². The van der Waals surface area contributed by atoms with E-state index in [0.29, 0.717) is 5.11 Å². The largest absolute Gasteiger partial charge is 0.379 e. The second kappa shape index (κ2) is 11.2. The number of benzene rings is 1. The number of thiocarbonyl (C=S) groups is 1. The summed E-state index contributed by atoms with van der Waals surface area (Å²) in [6.07, 6.45) is 3.60. The summed E-state index contributed by atoms with van der Waals surface area (Å²) in [6, 6.07) is 8.62.